The normalized spacial score (nSPS) is 16.5. The molecule has 2 aliphatic rings. The van der Waals surface area contributed by atoms with Crippen LogP contribution in [-0.2, 0) is 6.42 Å². The lowest BCUT2D eigenvalue weighted by atomic mass is 9.91. The molecule has 2 unspecified atom stereocenters. The zero-order valence-corrected chi connectivity index (χ0v) is 30.3. The Balaban J connectivity index is 1.27. The third-order valence-electron chi connectivity index (χ3n) is 10.2. The fourth-order valence-electron chi connectivity index (χ4n) is 7.62. The lowest BCUT2D eigenvalue weighted by molar-refractivity contribution is 0.877. The molecule has 0 bridgehead atoms. The van der Waals surface area contributed by atoms with Gasteiger partial charge in [0.1, 0.15) is 0 Å². The zero-order chi connectivity index (χ0) is 35.4. The summed E-state index contributed by atoms with van der Waals surface area (Å²) in [6.45, 7) is 10.2. The number of rotatable bonds is 10. The van der Waals surface area contributed by atoms with Crippen LogP contribution in [0.2, 0.25) is 0 Å². The van der Waals surface area contributed by atoms with E-state index < -0.39 is 0 Å². The smallest absolute Gasteiger partial charge is 0.0467 e. The lowest BCUT2D eigenvalue weighted by Gasteiger charge is -2.28. The molecule has 8 rings (SSSR count). The summed E-state index contributed by atoms with van der Waals surface area (Å²) in [7, 11) is 0. The summed E-state index contributed by atoms with van der Waals surface area (Å²) in [5.41, 5.74) is 10.9. The average molecular weight is 688 g/mol. The third-order valence-corrected chi connectivity index (χ3v) is 11.5. The van der Waals surface area contributed by atoms with Gasteiger partial charge in [0.2, 0.25) is 0 Å². The number of fused-ring (bicyclic) bond motifs is 6. The number of benzene rings is 6. The van der Waals surface area contributed by atoms with Crippen molar-refractivity contribution in [2.24, 2.45) is 0 Å². The van der Waals surface area contributed by atoms with Gasteiger partial charge in [0.15, 0.2) is 0 Å². The van der Waals surface area contributed by atoms with E-state index in [9.17, 15) is 0 Å². The van der Waals surface area contributed by atoms with Gasteiger partial charge >= 0.3 is 0 Å². The molecular weight excluding hydrogens is 647 g/mol. The first kappa shape index (κ1) is 33.3. The molecule has 1 aliphatic carbocycles. The van der Waals surface area contributed by atoms with E-state index >= 15 is 0 Å². The zero-order valence-electron chi connectivity index (χ0n) is 29.5. The maximum absolute atomic E-state index is 4.03. The van der Waals surface area contributed by atoms with Gasteiger partial charge in [-0.25, -0.2) is 0 Å². The van der Waals surface area contributed by atoms with Gasteiger partial charge in [0.05, 0.1) is 0 Å². The summed E-state index contributed by atoms with van der Waals surface area (Å²) in [6, 6.07) is 42.2. The predicted octanol–water partition coefficient (Wildman–Crippen LogP) is 13.9. The number of thioether (sulfide) groups is 1. The van der Waals surface area contributed by atoms with Gasteiger partial charge in [0.25, 0.3) is 0 Å². The van der Waals surface area contributed by atoms with Crippen LogP contribution < -0.4 is 4.90 Å². The van der Waals surface area contributed by atoms with Crippen LogP contribution in [0.5, 0.6) is 0 Å². The van der Waals surface area contributed by atoms with Crippen molar-refractivity contribution >= 4 is 50.8 Å². The van der Waals surface area contributed by atoms with Crippen LogP contribution in [-0.4, -0.2) is 5.25 Å². The molecule has 0 radical (unpaired) electrons. The molecule has 0 fully saturated rings. The fourth-order valence-corrected chi connectivity index (χ4v) is 8.94. The minimum absolute atomic E-state index is 0.442. The molecule has 0 saturated carbocycles. The summed E-state index contributed by atoms with van der Waals surface area (Å²) >= 11 is 1.98. The fraction of sp³-hybridized carbons (Fsp3) is 0.0800. The second-order valence-corrected chi connectivity index (χ2v) is 14.6. The van der Waals surface area contributed by atoms with Crippen molar-refractivity contribution in [3.63, 3.8) is 0 Å². The number of hydrogen-bond acceptors (Lipinski definition) is 2. The minimum atomic E-state index is 0.442. The Bertz CT molecular complexity index is 2460. The topological polar surface area (TPSA) is 3.24 Å². The van der Waals surface area contributed by atoms with E-state index in [1.165, 1.54) is 59.8 Å². The standard InChI is InChI=1S/C50H41NS/c1-4-6-17-39(27-23-36-24-32-50-48(33-36)46-21-13-14-22-49(46)52-50)51(40-28-25-38(26-29-40)37-15-9-8-10-16-37)41-30-31-45-44-20-12-11-19-43(44)42(18-7-5-2)35(3)47(45)34-41/h4-22,24-34,46,49H,1-2,23H2,3H3/b17-6-,18-7-,39-27+. The van der Waals surface area contributed by atoms with Gasteiger partial charge in [-0.05, 0) is 105 Å². The Morgan fingerprint density at radius 1 is 0.692 bits per heavy atom. The molecule has 0 aromatic heterocycles. The van der Waals surface area contributed by atoms with Crippen molar-refractivity contribution in [2.45, 2.75) is 29.4 Å². The highest BCUT2D eigenvalue weighted by Gasteiger charge is 2.31. The van der Waals surface area contributed by atoms with E-state index in [4.69, 9.17) is 0 Å². The van der Waals surface area contributed by atoms with Gasteiger partial charge in [-0.2, -0.15) is 0 Å². The Hall–Kier alpha value is -5.83. The molecule has 0 spiro atoms. The molecule has 0 N–H and O–H groups in total. The number of hydrogen-bond donors (Lipinski definition) is 0. The van der Waals surface area contributed by atoms with Gasteiger partial charge in [-0.1, -0.05) is 159 Å². The summed E-state index contributed by atoms with van der Waals surface area (Å²) in [5, 5.41) is 5.48. The molecule has 0 amide bonds. The molecular formula is C50H41NS. The second kappa shape index (κ2) is 14.8. The van der Waals surface area contributed by atoms with E-state index in [1.807, 2.05) is 36.1 Å². The van der Waals surface area contributed by atoms with Gasteiger partial charge < -0.3 is 4.90 Å². The minimum Gasteiger partial charge on any atom is -0.311 e. The summed E-state index contributed by atoms with van der Waals surface area (Å²) in [4.78, 5) is 3.78. The van der Waals surface area contributed by atoms with Gasteiger partial charge in [-0.3, -0.25) is 0 Å². The Morgan fingerprint density at radius 2 is 1.40 bits per heavy atom. The number of aryl methyl sites for hydroxylation is 1. The monoisotopic (exact) mass is 687 g/mol. The van der Waals surface area contributed by atoms with Crippen molar-refractivity contribution in [3.05, 3.63) is 217 Å². The van der Waals surface area contributed by atoms with Crippen LogP contribution in [0.4, 0.5) is 11.4 Å². The average Bonchev–Trinajstić information content (AvgIpc) is 3.57. The van der Waals surface area contributed by atoms with Gasteiger partial charge in [-0.15, -0.1) is 11.8 Å². The van der Waals surface area contributed by atoms with Crippen molar-refractivity contribution < 1.29 is 0 Å². The first-order valence-electron chi connectivity index (χ1n) is 18.0. The van der Waals surface area contributed by atoms with Crippen molar-refractivity contribution in [1.82, 2.24) is 0 Å². The molecule has 1 aliphatic heterocycles. The summed E-state index contributed by atoms with van der Waals surface area (Å²) in [6.07, 6.45) is 24.4. The molecule has 52 heavy (non-hydrogen) atoms. The molecule has 1 heterocycles. The highest BCUT2D eigenvalue weighted by Crippen LogP contribution is 2.48. The number of nitrogens with zero attached hydrogens (tertiary/aromatic N) is 1. The number of anilines is 2. The van der Waals surface area contributed by atoms with Crippen LogP contribution >= 0.6 is 11.8 Å². The van der Waals surface area contributed by atoms with E-state index in [0.717, 1.165) is 23.5 Å². The Morgan fingerprint density at radius 3 is 2.21 bits per heavy atom. The largest absolute Gasteiger partial charge is 0.311 e. The first-order valence-corrected chi connectivity index (χ1v) is 18.8. The SMILES string of the molecule is C=C/C=C\C(=C/Cc1ccc2c(c1)C1C=CC=CC1S2)N(c1ccc(-c2ccccc2)cc1)c1ccc2c(c1)c(C)c(/C=C\C=C)c1ccccc12. The summed E-state index contributed by atoms with van der Waals surface area (Å²) < 4.78 is 0. The quantitative estimate of drug-likeness (QED) is 0.104. The Kier molecular flexibility index (Phi) is 9.48. The van der Waals surface area contributed by atoms with E-state index in [-0.39, 0.29) is 0 Å². The maximum Gasteiger partial charge on any atom is 0.0467 e. The third kappa shape index (κ3) is 6.43. The molecule has 252 valence electrons. The summed E-state index contributed by atoms with van der Waals surface area (Å²) in [5.74, 6) is 0.442. The highest BCUT2D eigenvalue weighted by atomic mass is 32.2. The van der Waals surface area contributed by atoms with E-state index in [0.29, 0.717) is 11.2 Å². The van der Waals surface area contributed by atoms with Crippen molar-refractivity contribution in [1.29, 1.82) is 0 Å². The first-order chi connectivity index (χ1) is 25.6. The van der Waals surface area contributed by atoms with Crippen molar-refractivity contribution in [2.75, 3.05) is 4.90 Å². The molecule has 2 heteroatoms. The molecule has 0 saturated heterocycles. The predicted molar refractivity (Wildman–Crippen MR) is 228 cm³/mol. The maximum atomic E-state index is 4.03. The molecule has 6 aromatic rings. The van der Waals surface area contributed by atoms with Crippen LogP contribution in [0.3, 0.4) is 0 Å². The molecule has 2 atom stereocenters. The second-order valence-electron chi connectivity index (χ2n) is 13.3. The van der Waals surface area contributed by atoms with Crippen LogP contribution in [0.15, 0.2) is 200 Å². The van der Waals surface area contributed by atoms with E-state index in [2.05, 4.69) is 183 Å². The van der Waals surface area contributed by atoms with E-state index in [1.54, 1.807) is 0 Å². The van der Waals surface area contributed by atoms with Crippen LogP contribution in [0.25, 0.3) is 38.7 Å². The molecule has 6 aromatic carbocycles. The lowest BCUT2D eigenvalue weighted by Crippen LogP contribution is -2.15. The van der Waals surface area contributed by atoms with Gasteiger partial charge in [0, 0.05) is 33.1 Å². The van der Waals surface area contributed by atoms with Crippen LogP contribution in [0, 0.1) is 6.92 Å². The number of allylic oxidation sites excluding steroid dienone is 9. The molecule has 1 nitrogen and oxygen atoms in total. The Labute approximate surface area is 312 Å². The van der Waals surface area contributed by atoms with Crippen molar-refractivity contribution in [3.8, 4) is 11.1 Å². The highest BCUT2D eigenvalue weighted by molar-refractivity contribution is 8.00. The van der Waals surface area contributed by atoms with Crippen LogP contribution in [0.1, 0.15) is 28.2 Å².